The molecule has 0 aliphatic heterocycles. The summed E-state index contributed by atoms with van der Waals surface area (Å²) in [5.41, 5.74) is 7.07. The summed E-state index contributed by atoms with van der Waals surface area (Å²) < 4.78 is 17.8. The van der Waals surface area contributed by atoms with Crippen molar-refractivity contribution in [1.82, 2.24) is 0 Å². The van der Waals surface area contributed by atoms with E-state index >= 15 is 0 Å². The van der Waals surface area contributed by atoms with Gasteiger partial charge in [0, 0.05) is 36.0 Å². The first kappa shape index (κ1) is 20.2. The molecular formula is C23H30NO4+. The molecule has 2 aromatic rings. The van der Waals surface area contributed by atoms with Crippen LogP contribution in [0.5, 0.6) is 11.5 Å². The van der Waals surface area contributed by atoms with E-state index in [9.17, 15) is 5.21 Å². The van der Waals surface area contributed by atoms with E-state index in [2.05, 4.69) is 13.0 Å². The molecule has 0 saturated carbocycles. The molecule has 3 rings (SSSR count). The fraction of sp³-hybridized carbons (Fsp3) is 0.435. The maximum absolute atomic E-state index is 11.1. The standard InChI is InChI=1S/C23H30NO4/c1-15-13-19(14-16(2)23(15)27-5)24(25)20-8-6-7-18-9-10-21(17(3)22(18)20)28-12-11-26-4/h9-10,13-14,25H,6-8,11-12H2,1-5H3/q+1/b24-20-. The number of rotatable bonds is 6. The Labute approximate surface area is 167 Å². The minimum absolute atomic E-state index is 0.505. The van der Waals surface area contributed by atoms with Crippen molar-refractivity contribution in [2.75, 3.05) is 27.4 Å². The summed E-state index contributed by atoms with van der Waals surface area (Å²) in [4.78, 5) is 0. The second kappa shape index (κ2) is 8.65. The van der Waals surface area contributed by atoms with E-state index < -0.39 is 0 Å². The summed E-state index contributed by atoms with van der Waals surface area (Å²) >= 11 is 0. The number of hydrogen-bond acceptors (Lipinski definition) is 4. The highest BCUT2D eigenvalue weighted by Crippen LogP contribution is 2.33. The van der Waals surface area contributed by atoms with Crippen LogP contribution >= 0.6 is 0 Å². The first-order valence-electron chi connectivity index (χ1n) is 9.72. The Kier molecular flexibility index (Phi) is 6.25. The molecule has 5 nitrogen and oxygen atoms in total. The Morgan fingerprint density at radius 3 is 2.36 bits per heavy atom. The van der Waals surface area contributed by atoms with Gasteiger partial charge < -0.3 is 14.2 Å². The smallest absolute Gasteiger partial charge is 0.258 e. The van der Waals surface area contributed by atoms with Gasteiger partial charge in [0.1, 0.15) is 18.1 Å². The molecule has 0 radical (unpaired) electrons. The molecule has 0 amide bonds. The Bertz CT molecular complexity index is 879. The van der Waals surface area contributed by atoms with Gasteiger partial charge in [-0.2, -0.15) is 0 Å². The minimum Gasteiger partial charge on any atom is -0.496 e. The van der Waals surface area contributed by atoms with Gasteiger partial charge in [-0.05, 0) is 56.4 Å². The number of methoxy groups -OCH3 is 2. The average molecular weight is 384 g/mol. The lowest BCUT2D eigenvalue weighted by atomic mass is 9.86. The van der Waals surface area contributed by atoms with Crippen LogP contribution in [0.4, 0.5) is 5.69 Å². The molecule has 0 saturated heterocycles. The summed E-state index contributed by atoms with van der Waals surface area (Å²) in [7, 11) is 3.34. The number of hydrogen-bond donors (Lipinski definition) is 1. The van der Waals surface area contributed by atoms with Gasteiger partial charge in [0.25, 0.3) is 5.69 Å². The molecule has 0 unspecified atom stereocenters. The van der Waals surface area contributed by atoms with Crippen molar-refractivity contribution in [1.29, 1.82) is 0 Å². The first-order valence-corrected chi connectivity index (χ1v) is 9.72. The predicted molar refractivity (Wildman–Crippen MR) is 110 cm³/mol. The molecule has 0 spiro atoms. The van der Waals surface area contributed by atoms with Gasteiger partial charge in [-0.25, -0.2) is 0 Å². The quantitative estimate of drug-likeness (QED) is 0.345. The largest absolute Gasteiger partial charge is 0.496 e. The molecule has 28 heavy (non-hydrogen) atoms. The highest BCUT2D eigenvalue weighted by Gasteiger charge is 2.30. The van der Waals surface area contributed by atoms with Crippen molar-refractivity contribution >= 4 is 11.4 Å². The zero-order valence-corrected chi connectivity index (χ0v) is 17.5. The Morgan fingerprint density at radius 1 is 1.00 bits per heavy atom. The summed E-state index contributed by atoms with van der Waals surface area (Å²) in [6, 6.07) is 8.06. The van der Waals surface area contributed by atoms with Crippen molar-refractivity contribution < 1.29 is 24.2 Å². The average Bonchev–Trinajstić information content (AvgIpc) is 2.68. The van der Waals surface area contributed by atoms with Crippen LogP contribution in [0.1, 0.15) is 40.7 Å². The molecule has 1 aliphatic carbocycles. The van der Waals surface area contributed by atoms with Gasteiger partial charge in [0.15, 0.2) is 0 Å². The van der Waals surface area contributed by atoms with Crippen molar-refractivity contribution in [3.63, 3.8) is 0 Å². The fourth-order valence-electron chi connectivity index (χ4n) is 4.06. The molecule has 0 aromatic heterocycles. The summed E-state index contributed by atoms with van der Waals surface area (Å²) in [6.45, 7) is 7.10. The van der Waals surface area contributed by atoms with Gasteiger partial charge in [-0.1, -0.05) is 6.07 Å². The number of fused-ring (bicyclic) bond motifs is 1. The lowest BCUT2D eigenvalue weighted by molar-refractivity contribution is -0.713. The Hall–Kier alpha value is -2.53. The number of benzene rings is 2. The van der Waals surface area contributed by atoms with Crippen molar-refractivity contribution in [3.05, 3.63) is 52.1 Å². The number of ether oxygens (including phenoxy) is 3. The van der Waals surface area contributed by atoms with Crippen LogP contribution in [-0.4, -0.2) is 43.1 Å². The van der Waals surface area contributed by atoms with E-state index in [1.807, 2.05) is 32.0 Å². The summed E-state index contributed by atoms with van der Waals surface area (Å²) in [5.74, 6) is 1.70. The number of nitrogens with zero attached hydrogens (tertiary/aromatic N) is 1. The first-order chi connectivity index (χ1) is 13.5. The zero-order chi connectivity index (χ0) is 20.3. The molecule has 5 heteroatoms. The summed E-state index contributed by atoms with van der Waals surface area (Å²) in [5, 5.41) is 11.1. The molecule has 2 aromatic carbocycles. The molecule has 0 bridgehead atoms. The molecule has 1 aliphatic rings. The van der Waals surface area contributed by atoms with Crippen LogP contribution in [0.2, 0.25) is 0 Å². The fourth-order valence-corrected chi connectivity index (χ4v) is 4.06. The Morgan fingerprint density at radius 2 is 1.71 bits per heavy atom. The second-order valence-corrected chi connectivity index (χ2v) is 7.29. The lowest BCUT2D eigenvalue weighted by Gasteiger charge is -2.20. The van der Waals surface area contributed by atoms with Crippen molar-refractivity contribution in [2.24, 2.45) is 0 Å². The zero-order valence-electron chi connectivity index (χ0n) is 17.5. The third kappa shape index (κ3) is 3.85. The Balaban J connectivity index is 2.08. The number of aryl methyl sites for hydroxylation is 3. The molecule has 1 N–H and O–H groups in total. The maximum Gasteiger partial charge on any atom is 0.258 e. The van der Waals surface area contributed by atoms with Gasteiger partial charge >= 0.3 is 0 Å². The topological polar surface area (TPSA) is 50.9 Å². The molecule has 0 heterocycles. The van der Waals surface area contributed by atoms with Crippen LogP contribution in [0, 0.1) is 20.8 Å². The van der Waals surface area contributed by atoms with Crippen LogP contribution in [0.3, 0.4) is 0 Å². The van der Waals surface area contributed by atoms with E-state index in [1.165, 1.54) is 10.3 Å². The van der Waals surface area contributed by atoms with Crippen LogP contribution < -0.4 is 9.47 Å². The maximum atomic E-state index is 11.1. The highest BCUT2D eigenvalue weighted by atomic mass is 16.5. The van der Waals surface area contributed by atoms with E-state index in [1.54, 1.807) is 14.2 Å². The minimum atomic E-state index is 0.505. The van der Waals surface area contributed by atoms with Crippen LogP contribution in [0.25, 0.3) is 0 Å². The van der Waals surface area contributed by atoms with Crippen molar-refractivity contribution in [2.45, 2.75) is 40.0 Å². The molecular weight excluding hydrogens is 354 g/mol. The van der Waals surface area contributed by atoms with E-state index in [-0.39, 0.29) is 0 Å². The molecule has 150 valence electrons. The normalized spacial score (nSPS) is 15.2. The van der Waals surface area contributed by atoms with Gasteiger partial charge in [0.2, 0.25) is 5.71 Å². The monoisotopic (exact) mass is 384 g/mol. The van der Waals surface area contributed by atoms with E-state index in [4.69, 9.17) is 14.2 Å². The van der Waals surface area contributed by atoms with Crippen LogP contribution in [-0.2, 0) is 11.2 Å². The van der Waals surface area contributed by atoms with Gasteiger partial charge in [-0.3, -0.25) is 5.21 Å². The molecule has 0 atom stereocenters. The third-order valence-corrected chi connectivity index (χ3v) is 5.34. The van der Waals surface area contributed by atoms with E-state index in [0.717, 1.165) is 64.4 Å². The third-order valence-electron chi connectivity index (χ3n) is 5.34. The van der Waals surface area contributed by atoms with Crippen LogP contribution in [0.15, 0.2) is 24.3 Å². The van der Waals surface area contributed by atoms with Gasteiger partial charge in [0.05, 0.1) is 19.3 Å². The van der Waals surface area contributed by atoms with Gasteiger partial charge in [-0.15, -0.1) is 0 Å². The SMILES string of the molecule is COCCOc1ccc2c(c1C)/C(=[N+](\O)c1cc(C)c(OC)c(C)c1)CCC2. The lowest BCUT2D eigenvalue weighted by Crippen LogP contribution is -2.23. The van der Waals surface area contributed by atoms with E-state index in [0.29, 0.717) is 13.2 Å². The summed E-state index contributed by atoms with van der Waals surface area (Å²) in [6.07, 6.45) is 2.83. The molecule has 0 fully saturated rings. The predicted octanol–water partition coefficient (Wildman–Crippen LogP) is 4.50. The second-order valence-electron chi connectivity index (χ2n) is 7.29. The highest BCUT2D eigenvalue weighted by molar-refractivity contribution is 6.01. The van der Waals surface area contributed by atoms with Crippen molar-refractivity contribution in [3.8, 4) is 11.5 Å².